The first-order valence-corrected chi connectivity index (χ1v) is 5.24. The maximum absolute atomic E-state index is 11.7. The monoisotopic (exact) mass is 198 g/mol. The van der Waals surface area contributed by atoms with Crippen LogP contribution < -0.4 is 4.74 Å². The molecule has 0 N–H and O–H groups in total. The van der Waals surface area contributed by atoms with Crippen LogP contribution in [-0.4, -0.2) is 12.9 Å². The molecular formula is C10H14O2S. The number of Topliss-reactive ketones (excluding diaryl/α,β-unsaturated/α-hetero) is 1. The minimum atomic E-state index is 0.0903. The van der Waals surface area contributed by atoms with Crippen molar-refractivity contribution in [3.05, 3.63) is 16.3 Å². The lowest BCUT2D eigenvalue weighted by molar-refractivity contribution is 0.0928. The van der Waals surface area contributed by atoms with E-state index in [9.17, 15) is 4.79 Å². The van der Waals surface area contributed by atoms with Crippen LogP contribution in [-0.2, 0) is 0 Å². The van der Waals surface area contributed by atoms with E-state index in [4.69, 9.17) is 4.74 Å². The zero-order valence-corrected chi connectivity index (χ0v) is 8.98. The van der Waals surface area contributed by atoms with Gasteiger partial charge in [0.05, 0.1) is 7.11 Å². The fraction of sp³-hybridized carbons (Fsp3) is 0.500. The van der Waals surface area contributed by atoms with E-state index in [0.717, 1.165) is 11.3 Å². The molecule has 0 aliphatic rings. The Morgan fingerprint density at radius 2 is 2.38 bits per heavy atom. The van der Waals surface area contributed by atoms with Gasteiger partial charge in [-0.1, -0.05) is 13.8 Å². The highest BCUT2D eigenvalue weighted by Crippen LogP contribution is 2.27. The van der Waals surface area contributed by atoms with E-state index in [1.807, 2.05) is 25.3 Å². The van der Waals surface area contributed by atoms with Crippen molar-refractivity contribution in [2.45, 2.75) is 20.3 Å². The Labute approximate surface area is 82.5 Å². The second kappa shape index (κ2) is 4.42. The lowest BCUT2D eigenvalue weighted by atomic mass is 10.0. The summed E-state index contributed by atoms with van der Waals surface area (Å²) in [6.07, 6.45) is 0.875. The number of hydrogen-bond acceptors (Lipinski definition) is 3. The maximum atomic E-state index is 11.7. The molecule has 0 aliphatic carbocycles. The number of carbonyl (C=O) groups excluding carboxylic acids is 1. The second-order valence-corrected chi connectivity index (χ2v) is 3.91. The summed E-state index contributed by atoms with van der Waals surface area (Å²) >= 11 is 1.45. The van der Waals surface area contributed by atoms with Crippen molar-refractivity contribution in [1.29, 1.82) is 0 Å². The van der Waals surface area contributed by atoms with Gasteiger partial charge in [-0.2, -0.15) is 0 Å². The molecule has 1 heterocycles. The molecule has 0 bridgehead atoms. The molecular weight excluding hydrogens is 184 g/mol. The molecule has 0 spiro atoms. The molecule has 0 saturated carbocycles. The van der Waals surface area contributed by atoms with E-state index in [0.29, 0.717) is 5.75 Å². The maximum Gasteiger partial charge on any atom is 0.179 e. The topological polar surface area (TPSA) is 26.3 Å². The molecule has 1 aromatic heterocycles. The van der Waals surface area contributed by atoms with Gasteiger partial charge in [0.25, 0.3) is 0 Å². The molecule has 1 aromatic rings. The van der Waals surface area contributed by atoms with E-state index in [-0.39, 0.29) is 11.7 Å². The summed E-state index contributed by atoms with van der Waals surface area (Å²) in [6.45, 7) is 3.96. The van der Waals surface area contributed by atoms with E-state index in [1.165, 1.54) is 11.3 Å². The number of ketones is 1. The number of rotatable bonds is 4. The lowest BCUT2D eigenvalue weighted by Crippen LogP contribution is -2.09. The fourth-order valence-corrected chi connectivity index (χ4v) is 1.96. The molecule has 0 fully saturated rings. The van der Waals surface area contributed by atoms with Crippen molar-refractivity contribution >= 4 is 17.1 Å². The van der Waals surface area contributed by atoms with Crippen molar-refractivity contribution in [2.24, 2.45) is 5.92 Å². The molecule has 13 heavy (non-hydrogen) atoms. The lowest BCUT2D eigenvalue weighted by Gasteiger charge is -2.06. The predicted molar refractivity (Wildman–Crippen MR) is 54.7 cm³/mol. The Bertz CT molecular complexity index is 291. The van der Waals surface area contributed by atoms with E-state index >= 15 is 0 Å². The summed E-state index contributed by atoms with van der Waals surface area (Å²) in [6, 6.07) is 1.83. The van der Waals surface area contributed by atoms with Gasteiger partial charge in [-0.25, -0.2) is 0 Å². The first-order valence-electron chi connectivity index (χ1n) is 4.36. The number of hydrogen-bond donors (Lipinski definition) is 0. The molecule has 1 unspecified atom stereocenters. The molecule has 0 aliphatic heterocycles. The van der Waals surface area contributed by atoms with E-state index in [2.05, 4.69) is 0 Å². The molecule has 0 saturated heterocycles. The Hall–Kier alpha value is -0.830. The van der Waals surface area contributed by atoms with Gasteiger partial charge < -0.3 is 4.74 Å². The van der Waals surface area contributed by atoms with Gasteiger partial charge in [-0.15, -0.1) is 11.3 Å². The minimum absolute atomic E-state index is 0.0903. The average molecular weight is 198 g/mol. The van der Waals surface area contributed by atoms with Crippen molar-refractivity contribution in [3.63, 3.8) is 0 Å². The summed E-state index contributed by atoms with van der Waals surface area (Å²) in [4.78, 5) is 12.5. The van der Waals surface area contributed by atoms with Crippen LogP contribution in [0.25, 0.3) is 0 Å². The highest BCUT2D eigenvalue weighted by Gasteiger charge is 2.18. The largest absolute Gasteiger partial charge is 0.495 e. The van der Waals surface area contributed by atoms with E-state index < -0.39 is 0 Å². The third-order valence-corrected chi connectivity index (χ3v) is 3.04. The minimum Gasteiger partial charge on any atom is -0.495 e. The third kappa shape index (κ3) is 2.10. The number of methoxy groups -OCH3 is 1. The van der Waals surface area contributed by atoms with Crippen LogP contribution in [0.5, 0.6) is 5.75 Å². The van der Waals surface area contributed by atoms with Gasteiger partial charge in [0, 0.05) is 5.92 Å². The first-order chi connectivity index (χ1) is 6.20. The van der Waals surface area contributed by atoms with Crippen molar-refractivity contribution in [1.82, 2.24) is 0 Å². The van der Waals surface area contributed by atoms with Crippen LogP contribution in [0.2, 0.25) is 0 Å². The van der Waals surface area contributed by atoms with Gasteiger partial charge >= 0.3 is 0 Å². The SMILES string of the molecule is CCC(C)C(=O)c1sccc1OC. The van der Waals surface area contributed by atoms with Crippen molar-refractivity contribution in [2.75, 3.05) is 7.11 Å². The van der Waals surface area contributed by atoms with Crippen LogP contribution in [0.3, 0.4) is 0 Å². The summed E-state index contributed by atoms with van der Waals surface area (Å²) < 4.78 is 5.09. The smallest absolute Gasteiger partial charge is 0.179 e. The number of ether oxygens (including phenoxy) is 1. The molecule has 1 atom stereocenters. The van der Waals surface area contributed by atoms with E-state index in [1.54, 1.807) is 7.11 Å². The Morgan fingerprint density at radius 1 is 1.69 bits per heavy atom. The van der Waals surface area contributed by atoms with Crippen LogP contribution in [0.1, 0.15) is 29.9 Å². The molecule has 3 heteroatoms. The summed E-state index contributed by atoms with van der Waals surface area (Å²) in [7, 11) is 1.59. The zero-order valence-electron chi connectivity index (χ0n) is 8.16. The van der Waals surface area contributed by atoms with Gasteiger partial charge in [0.1, 0.15) is 10.6 Å². The van der Waals surface area contributed by atoms with Gasteiger partial charge in [-0.3, -0.25) is 4.79 Å². The fourth-order valence-electron chi connectivity index (χ4n) is 1.05. The van der Waals surface area contributed by atoms with Gasteiger partial charge in [0.2, 0.25) is 0 Å². The number of thiophene rings is 1. The molecule has 1 rings (SSSR count). The highest BCUT2D eigenvalue weighted by molar-refractivity contribution is 7.12. The van der Waals surface area contributed by atoms with Crippen LogP contribution >= 0.6 is 11.3 Å². The summed E-state index contributed by atoms with van der Waals surface area (Å²) in [5.41, 5.74) is 0. The van der Waals surface area contributed by atoms with Gasteiger partial charge in [-0.05, 0) is 17.9 Å². The normalized spacial score (nSPS) is 12.5. The highest BCUT2D eigenvalue weighted by atomic mass is 32.1. The Morgan fingerprint density at radius 3 is 2.92 bits per heavy atom. The van der Waals surface area contributed by atoms with Crippen LogP contribution in [0.15, 0.2) is 11.4 Å². The standard InChI is InChI=1S/C10H14O2S/c1-4-7(2)9(11)10-8(12-3)5-6-13-10/h5-7H,4H2,1-3H3. The van der Waals surface area contributed by atoms with Crippen molar-refractivity contribution in [3.8, 4) is 5.75 Å². The zero-order chi connectivity index (χ0) is 9.84. The second-order valence-electron chi connectivity index (χ2n) is 2.99. The van der Waals surface area contributed by atoms with Gasteiger partial charge in [0.15, 0.2) is 5.78 Å². The third-order valence-electron chi connectivity index (χ3n) is 2.13. The molecule has 72 valence electrons. The predicted octanol–water partition coefficient (Wildman–Crippen LogP) is 2.99. The molecule has 0 aromatic carbocycles. The summed E-state index contributed by atoms with van der Waals surface area (Å²) in [5, 5.41) is 1.88. The molecule has 0 radical (unpaired) electrons. The summed E-state index contributed by atoms with van der Waals surface area (Å²) in [5.74, 6) is 0.984. The molecule has 0 amide bonds. The Balaban J connectivity index is 2.88. The average Bonchev–Trinajstić information content (AvgIpc) is 2.62. The quantitative estimate of drug-likeness (QED) is 0.695. The Kier molecular flexibility index (Phi) is 3.48. The van der Waals surface area contributed by atoms with Crippen LogP contribution in [0.4, 0.5) is 0 Å². The van der Waals surface area contributed by atoms with Crippen molar-refractivity contribution < 1.29 is 9.53 Å². The first kappa shape index (κ1) is 10.3. The van der Waals surface area contributed by atoms with Crippen LogP contribution in [0, 0.1) is 5.92 Å². The molecule has 2 nitrogen and oxygen atoms in total. The number of carbonyl (C=O) groups is 1.